The highest BCUT2D eigenvalue weighted by Gasteiger charge is 2.15. The fourth-order valence-electron chi connectivity index (χ4n) is 1.97. The van der Waals surface area contributed by atoms with E-state index in [1.165, 1.54) is 6.07 Å². The first-order chi connectivity index (χ1) is 8.72. The van der Waals surface area contributed by atoms with Gasteiger partial charge in [-0.2, -0.15) is 0 Å². The zero-order valence-corrected chi connectivity index (χ0v) is 10.2. The van der Waals surface area contributed by atoms with E-state index in [9.17, 15) is 4.39 Å². The molecule has 0 aliphatic rings. The highest BCUT2D eigenvalue weighted by Crippen LogP contribution is 2.22. The minimum Gasteiger partial charge on any atom is -0.383 e. The number of anilines is 1. The number of nitrogens with one attached hydrogen (secondary N) is 1. The lowest BCUT2D eigenvalue weighted by Crippen LogP contribution is -2.20. The van der Waals surface area contributed by atoms with E-state index < -0.39 is 0 Å². The molecule has 94 valence electrons. The average Bonchev–Trinajstić information content (AvgIpc) is 2.39. The summed E-state index contributed by atoms with van der Waals surface area (Å²) in [5.74, 6) is 0.286. The van der Waals surface area contributed by atoms with Crippen LogP contribution in [0.1, 0.15) is 17.2 Å². The van der Waals surface area contributed by atoms with E-state index in [4.69, 9.17) is 5.73 Å². The minimum atomic E-state index is -0.209. The normalized spacial score (nSPS) is 12.3. The Labute approximate surface area is 106 Å². The van der Waals surface area contributed by atoms with Gasteiger partial charge in [0, 0.05) is 17.8 Å². The number of pyridine rings is 1. The van der Waals surface area contributed by atoms with Crippen LogP contribution in [0.4, 0.5) is 10.2 Å². The van der Waals surface area contributed by atoms with Gasteiger partial charge in [0.1, 0.15) is 11.6 Å². The van der Waals surface area contributed by atoms with E-state index in [-0.39, 0.29) is 11.9 Å². The van der Waals surface area contributed by atoms with Crippen LogP contribution in [-0.4, -0.2) is 12.0 Å². The number of halogens is 1. The summed E-state index contributed by atoms with van der Waals surface area (Å²) in [6, 6.07) is 10.4. The summed E-state index contributed by atoms with van der Waals surface area (Å²) in [5.41, 5.74) is 7.37. The number of hydrogen-bond donors (Lipinski definition) is 2. The van der Waals surface area contributed by atoms with Crippen molar-refractivity contribution in [3.63, 3.8) is 0 Å². The number of nitrogen functional groups attached to an aromatic ring is 1. The maximum absolute atomic E-state index is 13.7. The van der Waals surface area contributed by atoms with Crippen LogP contribution in [0.15, 0.2) is 42.6 Å². The van der Waals surface area contributed by atoms with E-state index in [2.05, 4.69) is 10.3 Å². The van der Waals surface area contributed by atoms with Crippen molar-refractivity contribution in [1.82, 2.24) is 10.3 Å². The predicted molar refractivity (Wildman–Crippen MR) is 70.6 cm³/mol. The minimum absolute atomic E-state index is 0.113. The Morgan fingerprint density at radius 1 is 1.28 bits per heavy atom. The molecule has 2 rings (SSSR count). The SMILES string of the molecule is CNC(Cc1cccnc1N)c1ccccc1F. The van der Waals surface area contributed by atoms with Gasteiger partial charge in [-0.3, -0.25) is 0 Å². The number of aromatic nitrogens is 1. The third-order valence-electron chi connectivity index (χ3n) is 2.98. The zero-order valence-electron chi connectivity index (χ0n) is 10.2. The fourth-order valence-corrected chi connectivity index (χ4v) is 1.97. The molecule has 1 heterocycles. The number of hydrogen-bond acceptors (Lipinski definition) is 3. The van der Waals surface area contributed by atoms with E-state index in [0.717, 1.165) is 5.56 Å². The molecule has 2 aromatic rings. The molecule has 0 saturated carbocycles. The maximum atomic E-state index is 13.7. The Bertz CT molecular complexity index is 528. The van der Waals surface area contributed by atoms with Crippen LogP contribution >= 0.6 is 0 Å². The Kier molecular flexibility index (Phi) is 3.89. The van der Waals surface area contributed by atoms with E-state index >= 15 is 0 Å². The van der Waals surface area contributed by atoms with Crippen LogP contribution in [0.3, 0.4) is 0 Å². The highest BCUT2D eigenvalue weighted by molar-refractivity contribution is 5.40. The van der Waals surface area contributed by atoms with Gasteiger partial charge in [-0.15, -0.1) is 0 Å². The van der Waals surface area contributed by atoms with Crippen molar-refractivity contribution in [3.05, 3.63) is 59.5 Å². The van der Waals surface area contributed by atoms with Crippen molar-refractivity contribution in [1.29, 1.82) is 0 Å². The molecule has 0 fully saturated rings. The van der Waals surface area contributed by atoms with Crippen LogP contribution in [0.5, 0.6) is 0 Å². The summed E-state index contributed by atoms with van der Waals surface area (Å²) in [6.07, 6.45) is 2.26. The first-order valence-electron chi connectivity index (χ1n) is 5.83. The molecular formula is C14H16FN3. The third-order valence-corrected chi connectivity index (χ3v) is 2.98. The molecular weight excluding hydrogens is 229 g/mol. The van der Waals surface area contributed by atoms with Gasteiger partial charge in [0.15, 0.2) is 0 Å². The van der Waals surface area contributed by atoms with Crippen molar-refractivity contribution in [2.24, 2.45) is 0 Å². The maximum Gasteiger partial charge on any atom is 0.127 e. The largest absolute Gasteiger partial charge is 0.383 e. The predicted octanol–water partition coefficient (Wildman–Crippen LogP) is 2.31. The average molecular weight is 245 g/mol. The van der Waals surface area contributed by atoms with Crippen LogP contribution in [0.2, 0.25) is 0 Å². The number of nitrogens with two attached hydrogens (primary N) is 1. The fraction of sp³-hybridized carbons (Fsp3) is 0.214. The van der Waals surface area contributed by atoms with Gasteiger partial charge in [-0.05, 0) is 31.2 Å². The van der Waals surface area contributed by atoms with Crippen molar-refractivity contribution in [2.45, 2.75) is 12.5 Å². The molecule has 3 N–H and O–H groups in total. The van der Waals surface area contributed by atoms with Gasteiger partial charge in [0.25, 0.3) is 0 Å². The molecule has 1 aromatic heterocycles. The summed E-state index contributed by atoms with van der Waals surface area (Å²) in [5, 5.41) is 3.11. The van der Waals surface area contributed by atoms with E-state index in [1.807, 2.05) is 25.2 Å². The molecule has 0 bridgehead atoms. The smallest absolute Gasteiger partial charge is 0.127 e. The number of rotatable bonds is 4. The molecule has 1 unspecified atom stereocenters. The van der Waals surface area contributed by atoms with Crippen LogP contribution in [-0.2, 0) is 6.42 Å². The lowest BCUT2D eigenvalue weighted by molar-refractivity contribution is 0.534. The topological polar surface area (TPSA) is 50.9 Å². The molecule has 4 heteroatoms. The summed E-state index contributed by atoms with van der Waals surface area (Å²) in [7, 11) is 1.81. The Morgan fingerprint density at radius 3 is 2.72 bits per heavy atom. The number of likely N-dealkylation sites (N-methyl/N-ethyl adjacent to an activating group) is 1. The molecule has 3 nitrogen and oxygen atoms in total. The molecule has 0 radical (unpaired) electrons. The van der Waals surface area contributed by atoms with Crippen LogP contribution < -0.4 is 11.1 Å². The molecule has 0 aliphatic heterocycles. The second-order valence-electron chi connectivity index (χ2n) is 4.11. The van der Waals surface area contributed by atoms with E-state index in [1.54, 1.807) is 18.3 Å². The molecule has 0 aliphatic carbocycles. The standard InChI is InChI=1S/C14H16FN3/c1-17-13(11-6-2-3-7-12(11)15)9-10-5-4-8-18-14(10)16/h2-8,13,17H,9H2,1H3,(H2,16,18). The molecule has 0 amide bonds. The first kappa shape index (κ1) is 12.5. The second-order valence-corrected chi connectivity index (χ2v) is 4.11. The van der Waals surface area contributed by atoms with Gasteiger partial charge < -0.3 is 11.1 Å². The van der Waals surface area contributed by atoms with Gasteiger partial charge >= 0.3 is 0 Å². The van der Waals surface area contributed by atoms with Gasteiger partial charge in [0.05, 0.1) is 0 Å². The van der Waals surface area contributed by atoms with Gasteiger partial charge in [-0.1, -0.05) is 24.3 Å². The summed E-state index contributed by atoms with van der Waals surface area (Å²) in [4.78, 5) is 4.04. The first-order valence-corrected chi connectivity index (χ1v) is 5.83. The van der Waals surface area contributed by atoms with Gasteiger partial charge in [0.2, 0.25) is 0 Å². The van der Waals surface area contributed by atoms with Crippen LogP contribution in [0.25, 0.3) is 0 Å². The highest BCUT2D eigenvalue weighted by atomic mass is 19.1. The number of benzene rings is 1. The number of nitrogens with zero attached hydrogens (tertiary/aromatic N) is 1. The Balaban J connectivity index is 2.26. The summed E-state index contributed by atoms with van der Waals surface area (Å²) >= 11 is 0. The molecule has 0 spiro atoms. The second kappa shape index (κ2) is 5.60. The Hall–Kier alpha value is -1.94. The van der Waals surface area contributed by atoms with Crippen molar-refractivity contribution < 1.29 is 4.39 Å². The lowest BCUT2D eigenvalue weighted by atomic mass is 9.99. The third kappa shape index (κ3) is 2.65. The van der Waals surface area contributed by atoms with Gasteiger partial charge in [-0.25, -0.2) is 9.37 Å². The summed E-state index contributed by atoms with van der Waals surface area (Å²) in [6.45, 7) is 0. The van der Waals surface area contributed by atoms with E-state index in [0.29, 0.717) is 17.8 Å². The van der Waals surface area contributed by atoms with Crippen molar-refractivity contribution in [3.8, 4) is 0 Å². The zero-order chi connectivity index (χ0) is 13.0. The van der Waals surface area contributed by atoms with Crippen molar-refractivity contribution >= 4 is 5.82 Å². The Morgan fingerprint density at radius 2 is 2.06 bits per heavy atom. The molecule has 0 saturated heterocycles. The molecule has 18 heavy (non-hydrogen) atoms. The lowest BCUT2D eigenvalue weighted by Gasteiger charge is -2.18. The molecule has 1 atom stereocenters. The molecule has 1 aromatic carbocycles. The van der Waals surface area contributed by atoms with Crippen molar-refractivity contribution in [2.75, 3.05) is 12.8 Å². The quantitative estimate of drug-likeness (QED) is 0.869. The summed E-state index contributed by atoms with van der Waals surface area (Å²) < 4.78 is 13.7. The monoisotopic (exact) mass is 245 g/mol. The van der Waals surface area contributed by atoms with Crippen LogP contribution in [0, 0.1) is 5.82 Å².